The van der Waals surface area contributed by atoms with Crippen molar-refractivity contribution in [2.24, 2.45) is 0 Å². The number of thiophene rings is 1. The molecule has 9 nitrogen and oxygen atoms in total. The Bertz CT molecular complexity index is 676. The van der Waals surface area contributed by atoms with E-state index >= 15 is 0 Å². The molecule has 0 bridgehead atoms. The van der Waals surface area contributed by atoms with Gasteiger partial charge in [0.05, 0.1) is 16.5 Å². The summed E-state index contributed by atoms with van der Waals surface area (Å²) in [4.78, 5) is 21.9. The quantitative estimate of drug-likeness (QED) is 0.651. The smallest absolute Gasteiger partial charge is 0.324 e. The Kier molecular flexibility index (Phi) is 3.62. The number of carbonyl (C=O) groups excluding carboxylic acids is 1. The highest BCUT2D eigenvalue weighted by Gasteiger charge is 2.23. The van der Waals surface area contributed by atoms with Crippen LogP contribution in [0.5, 0.6) is 0 Å². The van der Waals surface area contributed by atoms with Crippen molar-refractivity contribution in [3.63, 3.8) is 0 Å². The zero-order valence-electron chi connectivity index (χ0n) is 10.7. The van der Waals surface area contributed by atoms with E-state index in [1.165, 1.54) is 11.4 Å². The van der Waals surface area contributed by atoms with Crippen LogP contribution in [0.3, 0.4) is 0 Å². The van der Waals surface area contributed by atoms with Gasteiger partial charge < -0.3 is 9.73 Å². The van der Waals surface area contributed by atoms with E-state index in [0.29, 0.717) is 5.89 Å². The molecular weight excluding hydrogens is 298 g/mol. The van der Waals surface area contributed by atoms with E-state index in [4.69, 9.17) is 4.42 Å². The molecule has 21 heavy (non-hydrogen) atoms. The first-order chi connectivity index (χ1) is 10.1. The van der Waals surface area contributed by atoms with E-state index in [1.54, 1.807) is 0 Å². The molecular formula is C11H11N5O4S. The number of amides is 1. The molecule has 3 rings (SSSR count). The van der Waals surface area contributed by atoms with Crippen LogP contribution in [0, 0.1) is 10.1 Å². The first kappa shape index (κ1) is 13.6. The van der Waals surface area contributed by atoms with Crippen molar-refractivity contribution in [1.82, 2.24) is 15.5 Å². The van der Waals surface area contributed by atoms with Gasteiger partial charge in [0.2, 0.25) is 5.89 Å². The zero-order valence-corrected chi connectivity index (χ0v) is 11.6. The molecule has 2 aromatic heterocycles. The summed E-state index contributed by atoms with van der Waals surface area (Å²) in [5, 5.41) is 25.2. The second-order valence-corrected chi connectivity index (χ2v) is 5.37. The number of nitro groups is 1. The monoisotopic (exact) mass is 309 g/mol. The molecule has 1 fully saturated rings. The molecule has 0 aromatic carbocycles. The number of rotatable bonds is 4. The van der Waals surface area contributed by atoms with Gasteiger partial charge in [-0.3, -0.25) is 20.2 Å². The molecule has 1 aliphatic rings. The molecule has 3 heterocycles. The van der Waals surface area contributed by atoms with Gasteiger partial charge in [0, 0.05) is 11.4 Å². The van der Waals surface area contributed by atoms with Crippen LogP contribution in [0.1, 0.15) is 35.1 Å². The Hall–Kier alpha value is -2.33. The van der Waals surface area contributed by atoms with Crippen molar-refractivity contribution in [2.45, 2.75) is 18.9 Å². The van der Waals surface area contributed by atoms with Crippen LogP contribution in [-0.2, 0) is 0 Å². The van der Waals surface area contributed by atoms with Crippen molar-refractivity contribution in [3.05, 3.63) is 33.0 Å². The first-order valence-corrected chi connectivity index (χ1v) is 7.12. The van der Waals surface area contributed by atoms with Gasteiger partial charge in [0.15, 0.2) is 0 Å². The van der Waals surface area contributed by atoms with E-state index in [9.17, 15) is 14.9 Å². The first-order valence-electron chi connectivity index (χ1n) is 6.24. The molecule has 1 aliphatic heterocycles. The summed E-state index contributed by atoms with van der Waals surface area (Å²) in [7, 11) is 0. The second kappa shape index (κ2) is 5.58. The zero-order chi connectivity index (χ0) is 14.8. The number of hydrogen-bond acceptors (Lipinski definition) is 8. The van der Waals surface area contributed by atoms with Crippen LogP contribution >= 0.6 is 11.3 Å². The van der Waals surface area contributed by atoms with E-state index in [2.05, 4.69) is 20.8 Å². The lowest BCUT2D eigenvalue weighted by Gasteiger charge is -2.02. The maximum Gasteiger partial charge on any atom is 0.324 e. The van der Waals surface area contributed by atoms with Crippen molar-refractivity contribution in [2.75, 3.05) is 11.9 Å². The largest absolute Gasteiger partial charge is 0.406 e. The second-order valence-electron chi connectivity index (χ2n) is 4.48. The average molecular weight is 309 g/mol. The fourth-order valence-corrected chi connectivity index (χ4v) is 2.73. The number of nitrogens with one attached hydrogen (secondary N) is 2. The van der Waals surface area contributed by atoms with Crippen molar-refractivity contribution < 1.29 is 14.1 Å². The Balaban J connectivity index is 1.67. The lowest BCUT2D eigenvalue weighted by atomic mass is 10.2. The van der Waals surface area contributed by atoms with Crippen LogP contribution in [0.4, 0.5) is 11.0 Å². The molecule has 110 valence electrons. The lowest BCUT2D eigenvalue weighted by molar-refractivity contribution is -0.380. The van der Waals surface area contributed by atoms with Gasteiger partial charge >= 0.3 is 11.0 Å². The summed E-state index contributed by atoms with van der Waals surface area (Å²) >= 11 is 0.886. The maximum atomic E-state index is 11.9. The standard InChI is InChI=1S/C11H11N5O4S/c17-9(6-4-8(16(18)19)21-5-6)13-11-15-14-10(20-11)7-2-1-3-12-7/h4-5,7,12H,1-3H2,(H,13,15,17). The third-order valence-electron chi connectivity index (χ3n) is 3.05. The Morgan fingerprint density at radius 2 is 2.43 bits per heavy atom. The van der Waals surface area contributed by atoms with Gasteiger partial charge in [-0.25, -0.2) is 0 Å². The number of anilines is 1. The number of carbonyl (C=O) groups is 1. The number of hydrogen-bond donors (Lipinski definition) is 2. The molecule has 2 aromatic rings. The molecule has 0 radical (unpaired) electrons. The maximum absolute atomic E-state index is 11.9. The topological polar surface area (TPSA) is 123 Å². The molecule has 1 unspecified atom stereocenters. The molecule has 1 amide bonds. The molecule has 0 spiro atoms. The molecule has 0 aliphatic carbocycles. The summed E-state index contributed by atoms with van der Waals surface area (Å²) in [5.74, 6) is -0.0898. The predicted octanol–water partition coefficient (Wildman–Crippen LogP) is 1.72. The minimum Gasteiger partial charge on any atom is -0.406 e. The molecule has 1 atom stereocenters. The van der Waals surface area contributed by atoms with Crippen LogP contribution < -0.4 is 10.6 Å². The normalized spacial score (nSPS) is 17.8. The number of nitrogens with zero attached hydrogens (tertiary/aromatic N) is 3. The van der Waals surface area contributed by atoms with Crippen LogP contribution in [-0.4, -0.2) is 27.6 Å². The highest BCUT2D eigenvalue weighted by Crippen LogP contribution is 2.25. The SMILES string of the molecule is O=C(Nc1nnc(C2CCCN2)o1)c1csc([N+](=O)[O-])c1. The van der Waals surface area contributed by atoms with Gasteiger partial charge in [-0.15, -0.1) is 5.10 Å². The summed E-state index contributed by atoms with van der Waals surface area (Å²) in [6.45, 7) is 0.896. The average Bonchev–Trinajstić information content (AvgIpc) is 3.19. The van der Waals surface area contributed by atoms with Gasteiger partial charge in [0.25, 0.3) is 5.91 Å². The van der Waals surface area contributed by atoms with Gasteiger partial charge in [-0.1, -0.05) is 16.4 Å². The highest BCUT2D eigenvalue weighted by molar-refractivity contribution is 7.13. The molecule has 10 heteroatoms. The van der Waals surface area contributed by atoms with Crippen molar-refractivity contribution in [3.8, 4) is 0 Å². The summed E-state index contributed by atoms with van der Waals surface area (Å²) in [6, 6.07) is 1.21. The van der Waals surface area contributed by atoms with Crippen molar-refractivity contribution >= 4 is 28.3 Å². The van der Waals surface area contributed by atoms with Gasteiger partial charge in [0.1, 0.15) is 0 Å². The summed E-state index contributed by atoms with van der Waals surface area (Å²) in [6.07, 6.45) is 1.94. The predicted molar refractivity (Wildman–Crippen MR) is 73.2 cm³/mol. The number of aromatic nitrogens is 2. The Morgan fingerprint density at radius 1 is 1.57 bits per heavy atom. The summed E-state index contributed by atoms with van der Waals surface area (Å²) < 4.78 is 5.37. The Morgan fingerprint density at radius 3 is 3.10 bits per heavy atom. The van der Waals surface area contributed by atoms with E-state index in [1.807, 2.05) is 0 Å². The minimum absolute atomic E-state index is 0.0162. The van der Waals surface area contributed by atoms with Crippen LogP contribution in [0.25, 0.3) is 0 Å². The van der Waals surface area contributed by atoms with Crippen molar-refractivity contribution in [1.29, 1.82) is 0 Å². The highest BCUT2D eigenvalue weighted by atomic mass is 32.1. The lowest BCUT2D eigenvalue weighted by Crippen LogP contribution is -2.13. The summed E-state index contributed by atoms with van der Waals surface area (Å²) in [5.41, 5.74) is 0.186. The minimum atomic E-state index is -0.544. The molecule has 1 saturated heterocycles. The van der Waals surface area contributed by atoms with Crippen LogP contribution in [0.2, 0.25) is 0 Å². The molecule has 2 N–H and O–H groups in total. The van der Waals surface area contributed by atoms with E-state index in [0.717, 1.165) is 30.7 Å². The van der Waals surface area contributed by atoms with Gasteiger partial charge in [-0.2, -0.15) is 0 Å². The van der Waals surface area contributed by atoms with E-state index in [-0.39, 0.29) is 22.6 Å². The third-order valence-corrected chi connectivity index (χ3v) is 3.93. The Labute approximate surface area is 122 Å². The fraction of sp³-hybridized carbons (Fsp3) is 0.364. The van der Waals surface area contributed by atoms with Gasteiger partial charge in [-0.05, 0) is 19.4 Å². The van der Waals surface area contributed by atoms with E-state index < -0.39 is 10.8 Å². The van der Waals surface area contributed by atoms with Crippen LogP contribution in [0.15, 0.2) is 15.9 Å². The fourth-order valence-electron chi connectivity index (χ4n) is 2.03. The third kappa shape index (κ3) is 2.90. The molecule has 0 saturated carbocycles.